The number of aliphatic hydroxyl groups is 1. The summed E-state index contributed by atoms with van der Waals surface area (Å²) in [5, 5.41) is 20.9. The number of amides is 2. The van der Waals surface area contributed by atoms with Crippen LogP contribution in [0.15, 0.2) is 22.7 Å². The minimum absolute atomic E-state index is 0.0634. The van der Waals surface area contributed by atoms with Crippen LogP contribution in [-0.4, -0.2) is 59.5 Å². The Morgan fingerprint density at radius 3 is 2.90 bits per heavy atom. The minimum atomic E-state index is -1.09. The molecule has 1 aromatic carbocycles. The summed E-state index contributed by atoms with van der Waals surface area (Å²) in [7, 11) is 0. The zero-order valence-electron chi connectivity index (χ0n) is 11.1. The highest BCUT2D eigenvalue weighted by atomic mass is 79.9. The lowest BCUT2D eigenvalue weighted by Crippen LogP contribution is -2.52. The Balaban J connectivity index is 2.12. The zero-order chi connectivity index (χ0) is 15.4. The highest BCUT2D eigenvalue weighted by Gasteiger charge is 2.26. The molecule has 1 unspecified atom stereocenters. The van der Waals surface area contributed by atoms with Gasteiger partial charge in [-0.15, -0.1) is 0 Å². The molecule has 1 aromatic rings. The fraction of sp³-hybridized carbons (Fsp3) is 0.385. The van der Waals surface area contributed by atoms with Crippen molar-refractivity contribution in [3.8, 4) is 0 Å². The van der Waals surface area contributed by atoms with E-state index in [2.05, 4.69) is 21.2 Å². The van der Waals surface area contributed by atoms with Crippen molar-refractivity contribution < 1.29 is 24.5 Å². The van der Waals surface area contributed by atoms with Gasteiger partial charge in [-0.2, -0.15) is 0 Å². The molecule has 0 aliphatic carbocycles. The molecule has 0 aromatic heterocycles. The first kappa shape index (κ1) is 15.7. The molecule has 8 heteroatoms. The van der Waals surface area contributed by atoms with Gasteiger partial charge in [0.1, 0.15) is 0 Å². The molecule has 1 fully saturated rings. The Bertz CT molecular complexity index is 551. The Kier molecular flexibility index (Phi) is 5.16. The van der Waals surface area contributed by atoms with Crippen molar-refractivity contribution in [2.45, 2.75) is 6.04 Å². The third-order valence-electron chi connectivity index (χ3n) is 3.15. The second kappa shape index (κ2) is 6.88. The molecule has 3 N–H and O–H groups in total. The molecule has 21 heavy (non-hydrogen) atoms. The number of ether oxygens (including phenoxy) is 1. The number of aromatic carboxylic acids is 1. The number of nitrogens with zero attached hydrogens (tertiary/aromatic N) is 1. The molecule has 0 saturated carbocycles. The number of carbonyl (C=O) groups is 2. The van der Waals surface area contributed by atoms with Gasteiger partial charge in [0.25, 0.3) is 0 Å². The van der Waals surface area contributed by atoms with Crippen molar-refractivity contribution in [2.75, 3.05) is 31.7 Å². The molecular weight excluding hydrogens is 344 g/mol. The van der Waals surface area contributed by atoms with Gasteiger partial charge in [0, 0.05) is 16.7 Å². The summed E-state index contributed by atoms with van der Waals surface area (Å²) < 4.78 is 5.64. The molecule has 1 aliphatic heterocycles. The Morgan fingerprint density at radius 1 is 1.48 bits per heavy atom. The number of aliphatic hydroxyl groups excluding tert-OH is 1. The van der Waals surface area contributed by atoms with Gasteiger partial charge in [-0.05, 0) is 34.1 Å². The van der Waals surface area contributed by atoms with Crippen LogP contribution in [0, 0.1) is 0 Å². The Labute approximate surface area is 129 Å². The molecule has 114 valence electrons. The van der Waals surface area contributed by atoms with Crippen molar-refractivity contribution in [2.24, 2.45) is 0 Å². The normalized spacial score (nSPS) is 18.4. The average molecular weight is 359 g/mol. The van der Waals surface area contributed by atoms with Crippen molar-refractivity contribution in [1.82, 2.24) is 4.90 Å². The molecule has 0 radical (unpaired) electrons. The first-order valence-corrected chi connectivity index (χ1v) is 7.11. The van der Waals surface area contributed by atoms with E-state index in [1.165, 1.54) is 11.0 Å². The predicted molar refractivity (Wildman–Crippen MR) is 78.5 cm³/mol. The number of morpholine rings is 1. The SMILES string of the molecule is O=C(O)c1cc(NC(=O)N2CCOCC2CO)ccc1Br. The van der Waals surface area contributed by atoms with Gasteiger partial charge in [0.2, 0.25) is 0 Å². The summed E-state index contributed by atoms with van der Waals surface area (Å²) in [4.78, 5) is 24.7. The maximum Gasteiger partial charge on any atom is 0.336 e. The van der Waals surface area contributed by atoms with Crippen molar-refractivity contribution in [1.29, 1.82) is 0 Å². The maximum absolute atomic E-state index is 12.2. The second-order valence-electron chi connectivity index (χ2n) is 4.53. The van der Waals surface area contributed by atoms with Crippen LogP contribution in [0.4, 0.5) is 10.5 Å². The minimum Gasteiger partial charge on any atom is -0.478 e. The van der Waals surface area contributed by atoms with Gasteiger partial charge in [-0.3, -0.25) is 0 Å². The van der Waals surface area contributed by atoms with Crippen LogP contribution in [0.3, 0.4) is 0 Å². The summed E-state index contributed by atoms with van der Waals surface area (Å²) >= 11 is 3.14. The molecule has 1 aliphatic rings. The van der Waals surface area contributed by atoms with E-state index in [4.69, 9.17) is 9.84 Å². The molecule has 0 spiro atoms. The number of benzene rings is 1. The number of hydrogen-bond acceptors (Lipinski definition) is 4. The van der Waals surface area contributed by atoms with Gasteiger partial charge in [0.15, 0.2) is 0 Å². The quantitative estimate of drug-likeness (QED) is 0.757. The number of nitrogens with one attached hydrogen (secondary N) is 1. The third-order valence-corrected chi connectivity index (χ3v) is 3.84. The van der Waals surface area contributed by atoms with Crippen LogP contribution in [0.5, 0.6) is 0 Å². The Morgan fingerprint density at radius 2 is 2.24 bits per heavy atom. The number of hydrogen-bond donors (Lipinski definition) is 3. The zero-order valence-corrected chi connectivity index (χ0v) is 12.7. The first-order valence-electron chi connectivity index (χ1n) is 6.32. The van der Waals surface area contributed by atoms with Gasteiger partial charge in [-0.25, -0.2) is 9.59 Å². The van der Waals surface area contributed by atoms with E-state index in [0.717, 1.165) is 0 Å². The van der Waals surface area contributed by atoms with E-state index in [1.807, 2.05) is 0 Å². The van der Waals surface area contributed by atoms with Crippen molar-refractivity contribution in [3.05, 3.63) is 28.2 Å². The van der Waals surface area contributed by atoms with Crippen LogP contribution in [0.2, 0.25) is 0 Å². The van der Waals surface area contributed by atoms with Crippen molar-refractivity contribution >= 4 is 33.6 Å². The van der Waals surface area contributed by atoms with E-state index in [-0.39, 0.29) is 18.8 Å². The monoisotopic (exact) mass is 358 g/mol. The highest BCUT2D eigenvalue weighted by molar-refractivity contribution is 9.10. The van der Waals surface area contributed by atoms with E-state index in [0.29, 0.717) is 23.3 Å². The maximum atomic E-state index is 12.2. The molecule has 1 atom stereocenters. The summed E-state index contributed by atoms with van der Waals surface area (Å²) in [5.41, 5.74) is 0.442. The summed E-state index contributed by atoms with van der Waals surface area (Å²) in [5.74, 6) is -1.09. The second-order valence-corrected chi connectivity index (χ2v) is 5.39. The Hall–Kier alpha value is -1.64. The highest BCUT2D eigenvalue weighted by Crippen LogP contribution is 2.21. The lowest BCUT2D eigenvalue weighted by molar-refractivity contribution is -0.00485. The third kappa shape index (κ3) is 3.72. The van der Waals surface area contributed by atoms with Crippen LogP contribution in [0.25, 0.3) is 0 Å². The lowest BCUT2D eigenvalue weighted by atomic mass is 10.2. The van der Waals surface area contributed by atoms with Gasteiger partial charge in [0.05, 0.1) is 31.4 Å². The van der Waals surface area contributed by atoms with Gasteiger partial charge < -0.3 is 25.2 Å². The lowest BCUT2D eigenvalue weighted by Gasteiger charge is -2.34. The topological polar surface area (TPSA) is 99.1 Å². The number of carboxylic acid groups (broad SMARTS) is 1. The number of anilines is 1. The van der Waals surface area contributed by atoms with E-state index < -0.39 is 18.0 Å². The number of carboxylic acids is 1. The van der Waals surface area contributed by atoms with E-state index in [9.17, 15) is 14.7 Å². The number of urea groups is 1. The average Bonchev–Trinajstić information content (AvgIpc) is 2.48. The molecule has 7 nitrogen and oxygen atoms in total. The van der Waals surface area contributed by atoms with Gasteiger partial charge in [-0.1, -0.05) is 0 Å². The largest absolute Gasteiger partial charge is 0.478 e. The summed E-state index contributed by atoms with van der Waals surface area (Å²) in [6, 6.07) is 3.74. The molecule has 2 amide bonds. The van der Waals surface area contributed by atoms with Crippen molar-refractivity contribution in [3.63, 3.8) is 0 Å². The summed E-state index contributed by atoms with van der Waals surface area (Å²) in [6.45, 7) is 0.878. The fourth-order valence-corrected chi connectivity index (χ4v) is 2.45. The van der Waals surface area contributed by atoms with Crippen LogP contribution in [-0.2, 0) is 4.74 Å². The molecular formula is C13H15BrN2O5. The van der Waals surface area contributed by atoms with E-state index >= 15 is 0 Å². The molecule has 2 rings (SSSR count). The molecule has 1 saturated heterocycles. The standard InChI is InChI=1S/C13H15BrN2O5/c14-11-2-1-8(5-10(11)12(18)19)15-13(20)16-3-4-21-7-9(16)6-17/h1-2,5,9,17H,3-4,6-7H2,(H,15,20)(H,18,19). The molecule has 0 bridgehead atoms. The number of halogens is 1. The number of rotatable bonds is 3. The predicted octanol–water partition coefficient (Wildman–Crippen LogP) is 1.37. The van der Waals surface area contributed by atoms with Gasteiger partial charge >= 0.3 is 12.0 Å². The van der Waals surface area contributed by atoms with Crippen LogP contribution < -0.4 is 5.32 Å². The van der Waals surface area contributed by atoms with Crippen LogP contribution >= 0.6 is 15.9 Å². The first-order chi connectivity index (χ1) is 10.0. The fourth-order valence-electron chi connectivity index (χ4n) is 2.04. The number of carbonyl (C=O) groups excluding carboxylic acids is 1. The summed E-state index contributed by atoms with van der Waals surface area (Å²) in [6.07, 6.45) is 0. The smallest absolute Gasteiger partial charge is 0.336 e. The molecule has 1 heterocycles. The van der Waals surface area contributed by atoms with E-state index in [1.54, 1.807) is 12.1 Å². The van der Waals surface area contributed by atoms with Crippen LogP contribution in [0.1, 0.15) is 10.4 Å².